The molecule has 0 radical (unpaired) electrons. The Balaban J connectivity index is 1.86. The number of aromatic nitrogens is 2. The summed E-state index contributed by atoms with van der Waals surface area (Å²) in [5.41, 5.74) is 3.34. The highest BCUT2D eigenvalue weighted by Gasteiger charge is 2.23. The summed E-state index contributed by atoms with van der Waals surface area (Å²) in [5, 5.41) is 34.3. The third kappa shape index (κ3) is 3.59. The summed E-state index contributed by atoms with van der Waals surface area (Å²) < 4.78 is 5.36. The van der Waals surface area contributed by atoms with E-state index < -0.39 is 0 Å². The lowest BCUT2D eigenvalue weighted by Crippen LogP contribution is -2.11. The van der Waals surface area contributed by atoms with Crippen LogP contribution in [0.5, 0.6) is 17.2 Å². The SMILES string of the molecule is CC(C)(C)c1cc(-c2ccccc2)c(O)c(-c2noc(-c3ccc(O)c(O)c3)n2)c1. The summed E-state index contributed by atoms with van der Waals surface area (Å²) in [4.78, 5) is 4.41. The smallest absolute Gasteiger partial charge is 0.258 e. The Hall–Kier alpha value is -3.80. The van der Waals surface area contributed by atoms with Gasteiger partial charge in [0, 0.05) is 11.1 Å². The second-order valence-electron chi connectivity index (χ2n) is 8.16. The number of rotatable bonds is 3. The van der Waals surface area contributed by atoms with Gasteiger partial charge in [0.1, 0.15) is 5.75 Å². The average Bonchev–Trinajstić information content (AvgIpc) is 3.20. The number of phenolic OH excluding ortho intramolecular Hbond substituents is 3. The molecule has 0 aliphatic rings. The van der Waals surface area contributed by atoms with Gasteiger partial charge in [-0.15, -0.1) is 0 Å². The molecule has 152 valence electrons. The van der Waals surface area contributed by atoms with Crippen molar-refractivity contribution in [2.45, 2.75) is 26.2 Å². The number of hydrogen-bond acceptors (Lipinski definition) is 6. The first kappa shape index (κ1) is 19.5. The molecule has 4 aromatic rings. The number of nitrogens with zero attached hydrogens (tertiary/aromatic N) is 2. The zero-order chi connectivity index (χ0) is 21.5. The molecule has 1 heterocycles. The molecule has 4 rings (SSSR count). The number of benzene rings is 3. The maximum absolute atomic E-state index is 11.1. The van der Waals surface area contributed by atoms with Crippen molar-refractivity contribution in [3.8, 4) is 51.2 Å². The highest BCUT2D eigenvalue weighted by Crippen LogP contribution is 2.41. The predicted molar refractivity (Wildman–Crippen MR) is 114 cm³/mol. The van der Waals surface area contributed by atoms with E-state index in [1.807, 2.05) is 42.5 Å². The van der Waals surface area contributed by atoms with Gasteiger partial charge in [-0.3, -0.25) is 0 Å². The van der Waals surface area contributed by atoms with Crippen molar-refractivity contribution in [2.24, 2.45) is 0 Å². The average molecular weight is 402 g/mol. The molecule has 0 aliphatic carbocycles. The van der Waals surface area contributed by atoms with E-state index in [1.165, 1.54) is 12.1 Å². The van der Waals surface area contributed by atoms with Crippen LogP contribution >= 0.6 is 0 Å². The van der Waals surface area contributed by atoms with Crippen molar-refractivity contribution in [2.75, 3.05) is 0 Å². The van der Waals surface area contributed by atoms with Crippen LogP contribution in [-0.4, -0.2) is 25.5 Å². The van der Waals surface area contributed by atoms with E-state index in [1.54, 1.807) is 6.07 Å². The zero-order valence-corrected chi connectivity index (χ0v) is 16.9. The van der Waals surface area contributed by atoms with Crippen molar-refractivity contribution < 1.29 is 19.8 Å². The summed E-state index contributed by atoms with van der Waals surface area (Å²) >= 11 is 0. The van der Waals surface area contributed by atoms with Crippen LogP contribution in [0.25, 0.3) is 34.0 Å². The molecule has 0 amide bonds. The fraction of sp³-hybridized carbons (Fsp3) is 0.167. The Morgan fingerprint density at radius 1 is 0.767 bits per heavy atom. The summed E-state index contributed by atoms with van der Waals surface area (Å²) in [6.45, 7) is 6.29. The fourth-order valence-corrected chi connectivity index (χ4v) is 3.18. The molecule has 0 saturated carbocycles. The van der Waals surface area contributed by atoms with E-state index in [0.29, 0.717) is 16.7 Å². The molecule has 6 nitrogen and oxygen atoms in total. The predicted octanol–water partition coefficient (Wildman–Crippen LogP) is 5.48. The molecule has 0 unspecified atom stereocenters. The first-order valence-electron chi connectivity index (χ1n) is 9.53. The zero-order valence-electron chi connectivity index (χ0n) is 16.9. The number of phenols is 3. The van der Waals surface area contributed by atoms with Gasteiger partial charge in [0.15, 0.2) is 11.5 Å². The van der Waals surface area contributed by atoms with Crippen LogP contribution in [-0.2, 0) is 5.41 Å². The molecule has 0 fully saturated rings. The van der Waals surface area contributed by atoms with Gasteiger partial charge < -0.3 is 19.8 Å². The van der Waals surface area contributed by atoms with Gasteiger partial charge >= 0.3 is 0 Å². The van der Waals surface area contributed by atoms with Crippen LogP contribution in [0.1, 0.15) is 26.3 Å². The van der Waals surface area contributed by atoms with Crippen LogP contribution < -0.4 is 0 Å². The van der Waals surface area contributed by atoms with Crippen LogP contribution in [0.4, 0.5) is 0 Å². The lowest BCUT2D eigenvalue weighted by Gasteiger charge is -2.22. The van der Waals surface area contributed by atoms with Crippen LogP contribution in [0.2, 0.25) is 0 Å². The number of aromatic hydroxyl groups is 3. The van der Waals surface area contributed by atoms with E-state index in [-0.39, 0.29) is 34.4 Å². The Bertz CT molecular complexity index is 1210. The molecule has 1 aromatic heterocycles. The Morgan fingerprint density at radius 2 is 1.47 bits per heavy atom. The minimum atomic E-state index is -0.281. The van der Waals surface area contributed by atoms with E-state index >= 15 is 0 Å². The Labute approximate surface area is 174 Å². The molecule has 0 atom stereocenters. The van der Waals surface area contributed by atoms with E-state index in [4.69, 9.17) is 4.52 Å². The second kappa shape index (κ2) is 7.22. The third-order valence-electron chi connectivity index (χ3n) is 4.95. The highest BCUT2D eigenvalue weighted by molar-refractivity contribution is 5.81. The van der Waals surface area contributed by atoms with Crippen molar-refractivity contribution in [3.05, 3.63) is 66.2 Å². The second-order valence-corrected chi connectivity index (χ2v) is 8.16. The van der Waals surface area contributed by atoms with Gasteiger partial charge in [-0.05, 0) is 46.9 Å². The maximum atomic E-state index is 11.1. The highest BCUT2D eigenvalue weighted by atomic mass is 16.5. The minimum absolute atomic E-state index is 0.0649. The normalized spacial score (nSPS) is 11.6. The molecule has 3 aromatic carbocycles. The molecule has 30 heavy (non-hydrogen) atoms. The monoisotopic (exact) mass is 402 g/mol. The minimum Gasteiger partial charge on any atom is -0.507 e. The fourth-order valence-electron chi connectivity index (χ4n) is 3.18. The van der Waals surface area contributed by atoms with Gasteiger partial charge in [0.2, 0.25) is 5.82 Å². The molecule has 0 bridgehead atoms. The number of hydrogen-bond donors (Lipinski definition) is 3. The van der Waals surface area contributed by atoms with E-state index in [0.717, 1.165) is 11.1 Å². The molecule has 0 saturated heterocycles. The lowest BCUT2D eigenvalue weighted by molar-refractivity contribution is 0.402. The van der Waals surface area contributed by atoms with Crippen molar-refractivity contribution >= 4 is 0 Å². The topological polar surface area (TPSA) is 99.6 Å². The summed E-state index contributed by atoms with van der Waals surface area (Å²) in [5.74, 6) is -0.0479. The quantitative estimate of drug-likeness (QED) is 0.392. The van der Waals surface area contributed by atoms with Gasteiger partial charge in [0.05, 0.1) is 5.56 Å². The first-order chi connectivity index (χ1) is 14.2. The molecular weight excluding hydrogens is 380 g/mol. The van der Waals surface area contributed by atoms with E-state index in [2.05, 4.69) is 30.9 Å². The Kier molecular flexibility index (Phi) is 4.70. The van der Waals surface area contributed by atoms with Crippen molar-refractivity contribution in [1.82, 2.24) is 10.1 Å². The largest absolute Gasteiger partial charge is 0.507 e. The van der Waals surface area contributed by atoms with Gasteiger partial charge in [-0.1, -0.05) is 56.3 Å². The van der Waals surface area contributed by atoms with Gasteiger partial charge in [-0.25, -0.2) is 0 Å². The van der Waals surface area contributed by atoms with Gasteiger partial charge in [0.25, 0.3) is 5.89 Å². The van der Waals surface area contributed by atoms with Crippen LogP contribution in [0, 0.1) is 0 Å². The summed E-state index contributed by atoms with van der Waals surface area (Å²) in [6, 6.07) is 17.7. The lowest BCUT2D eigenvalue weighted by atomic mass is 9.83. The van der Waals surface area contributed by atoms with Crippen LogP contribution in [0.3, 0.4) is 0 Å². The molecule has 0 spiro atoms. The molecule has 3 N–H and O–H groups in total. The summed E-state index contributed by atoms with van der Waals surface area (Å²) in [6.07, 6.45) is 0. The van der Waals surface area contributed by atoms with Crippen LogP contribution in [0.15, 0.2) is 65.2 Å². The molecular formula is C24H22N2O4. The Morgan fingerprint density at radius 3 is 2.13 bits per heavy atom. The standard InChI is InChI=1S/C24H22N2O4/c1-24(2,3)16-12-17(14-7-5-4-6-8-14)21(29)18(13-16)22-25-23(30-26-22)15-9-10-19(27)20(28)11-15/h4-13,27-29H,1-3H3. The van der Waals surface area contributed by atoms with Crippen molar-refractivity contribution in [1.29, 1.82) is 0 Å². The molecule has 6 heteroatoms. The van der Waals surface area contributed by atoms with Gasteiger partial charge in [-0.2, -0.15) is 4.98 Å². The summed E-state index contributed by atoms with van der Waals surface area (Å²) in [7, 11) is 0. The maximum Gasteiger partial charge on any atom is 0.258 e. The van der Waals surface area contributed by atoms with E-state index in [9.17, 15) is 15.3 Å². The third-order valence-corrected chi connectivity index (χ3v) is 4.95. The molecule has 0 aliphatic heterocycles. The first-order valence-corrected chi connectivity index (χ1v) is 9.53. The van der Waals surface area contributed by atoms with Crippen molar-refractivity contribution in [3.63, 3.8) is 0 Å².